The lowest BCUT2D eigenvalue weighted by molar-refractivity contribution is 0.0698. The van der Waals surface area contributed by atoms with Crippen molar-refractivity contribution in [2.45, 2.75) is 51.7 Å². The average molecular weight is 379 g/mol. The minimum Gasteiger partial charge on any atom is -0.474 e. The highest BCUT2D eigenvalue weighted by atomic mass is 16.5. The van der Waals surface area contributed by atoms with Crippen LogP contribution in [-0.2, 0) is 16.0 Å². The molecule has 1 heterocycles. The lowest BCUT2D eigenvalue weighted by Gasteiger charge is -2.12. The number of hydrogen-bond acceptors (Lipinski definition) is 5. The van der Waals surface area contributed by atoms with Crippen molar-refractivity contribution in [3.8, 4) is 5.88 Å². The Morgan fingerprint density at radius 3 is 2.74 bits per heavy atom. The molecule has 1 aromatic rings. The summed E-state index contributed by atoms with van der Waals surface area (Å²) in [7, 11) is 1.68. The summed E-state index contributed by atoms with van der Waals surface area (Å²) in [6.45, 7) is 6.25. The van der Waals surface area contributed by atoms with Gasteiger partial charge in [0.15, 0.2) is 5.96 Å². The van der Waals surface area contributed by atoms with Gasteiger partial charge in [-0.1, -0.05) is 6.07 Å². The first kappa shape index (κ1) is 21.4. The van der Waals surface area contributed by atoms with Crippen LogP contribution in [0.4, 0.5) is 0 Å². The summed E-state index contributed by atoms with van der Waals surface area (Å²) in [6.07, 6.45) is 7.91. The Hall–Kier alpha value is -1.86. The van der Waals surface area contributed by atoms with Crippen molar-refractivity contribution in [1.29, 1.82) is 0 Å². The molecule has 0 aliphatic heterocycles. The van der Waals surface area contributed by atoms with E-state index in [2.05, 4.69) is 27.5 Å². The Morgan fingerprint density at radius 1 is 1.19 bits per heavy atom. The fourth-order valence-electron chi connectivity index (χ4n) is 2.89. The normalized spacial score (nSPS) is 15.1. The predicted octanol–water partition coefficient (Wildman–Crippen LogP) is 2.51. The number of nitrogens with zero attached hydrogens (tertiary/aromatic N) is 2. The van der Waals surface area contributed by atoms with E-state index < -0.39 is 0 Å². The van der Waals surface area contributed by atoms with Gasteiger partial charge in [-0.25, -0.2) is 9.98 Å². The summed E-state index contributed by atoms with van der Waals surface area (Å²) in [5, 5.41) is 6.58. The Kier molecular flexibility index (Phi) is 10.6. The van der Waals surface area contributed by atoms with Crippen LogP contribution in [0.2, 0.25) is 0 Å². The molecule has 27 heavy (non-hydrogen) atoms. The number of methoxy groups -OCH3 is 1. The zero-order valence-electron chi connectivity index (χ0n) is 16.7. The van der Waals surface area contributed by atoms with Crippen LogP contribution in [0.1, 0.15) is 44.6 Å². The van der Waals surface area contributed by atoms with E-state index in [0.29, 0.717) is 38.3 Å². The van der Waals surface area contributed by atoms with Crippen LogP contribution in [0.5, 0.6) is 5.88 Å². The second-order valence-electron chi connectivity index (χ2n) is 6.61. The molecule has 7 nitrogen and oxygen atoms in total. The van der Waals surface area contributed by atoms with E-state index >= 15 is 0 Å². The van der Waals surface area contributed by atoms with Gasteiger partial charge in [0.1, 0.15) is 6.10 Å². The molecule has 0 atom stereocenters. The summed E-state index contributed by atoms with van der Waals surface area (Å²) < 4.78 is 16.3. The summed E-state index contributed by atoms with van der Waals surface area (Å²) in [4.78, 5) is 9.03. The first-order chi connectivity index (χ1) is 13.3. The van der Waals surface area contributed by atoms with E-state index in [1.54, 1.807) is 7.11 Å². The number of hydrogen-bond donors (Lipinski definition) is 2. The third-order valence-electron chi connectivity index (χ3n) is 4.34. The highest BCUT2D eigenvalue weighted by Gasteiger charge is 2.16. The van der Waals surface area contributed by atoms with Gasteiger partial charge in [0, 0.05) is 39.1 Å². The van der Waals surface area contributed by atoms with Gasteiger partial charge in [-0.2, -0.15) is 0 Å². The van der Waals surface area contributed by atoms with Crippen molar-refractivity contribution in [2.75, 3.05) is 40.0 Å². The van der Waals surface area contributed by atoms with Gasteiger partial charge < -0.3 is 24.8 Å². The molecule has 0 spiro atoms. The monoisotopic (exact) mass is 378 g/mol. The quantitative estimate of drug-likeness (QED) is 0.331. The van der Waals surface area contributed by atoms with Gasteiger partial charge in [-0.05, 0) is 44.6 Å². The molecule has 0 amide bonds. The van der Waals surface area contributed by atoms with Crippen molar-refractivity contribution in [2.24, 2.45) is 4.99 Å². The minimum atomic E-state index is 0.337. The van der Waals surface area contributed by atoms with E-state index in [0.717, 1.165) is 43.9 Å². The fourth-order valence-corrected chi connectivity index (χ4v) is 2.89. The van der Waals surface area contributed by atoms with Gasteiger partial charge in [0.25, 0.3) is 0 Å². The Labute approximate surface area is 162 Å². The molecule has 0 aromatic carbocycles. The summed E-state index contributed by atoms with van der Waals surface area (Å²) in [6, 6.07) is 3.98. The van der Waals surface area contributed by atoms with E-state index in [1.807, 2.05) is 18.3 Å². The fraction of sp³-hybridized carbons (Fsp3) is 0.700. The van der Waals surface area contributed by atoms with Crippen LogP contribution in [0.15, 0.2) is 23.3 Å². The first-order valence-corrected chi connectivity index (χ1v) is 10.0. The van der Waals surface area contributed by atoms with Crippen LogP contribution < -0.4 is 15.4 Å². The average Bonchev–Trinajstić information content (AvgIpc) is 3.19. The zero-order valence-corrected chi connectivity index (χ0v) is 16.7. The van der Waals surface area contributed by atoms with Crippen LogP contribution >= 0.6 is 0 Å². The Balaban J connectivity index is 1.71. The van der Waals surface area contributed by atoms with E-state index in [4.69, 9.17) is 14.2 Å². The van der Waals surface area contributed by atoms with Crippen LogP contribution in [0.25, 0.3) is 0 Å². The lowest BCUT2D eigenvalue weighted by Crippen LogP contribution is -2.38. The molecule has 0 bridgehead atoms. The second-order valence-corrected chi connectivity index (χ2v) is 6.61. The van der Waals surface area contributed by atoms with Crippen molar-refractivity contribution >= 4 is 5.96 Å². The maximum absolute atomic E-state index is 5.90. The van der Waals surface area contributed by atoms with Gasteiger partial charge >= 0.3 is 0 Å². The van der Waals surface area contributed by atoms with Gasteiger partial charge in [-0.15, -0.1) is 0 Å². The van der Waals surface area contributed by atoms with Crippen molar-refractivity contribution in [1.82, 2.24) is 15.6 Å². The Bertz CT molecular complexity index is 531. The van der Waals surface area contributed by atoms with Gasteiger partial charge in [0.05, 0.1) is 19.8 Å². The molecule has 1 saturated carbocycles. The van der Waals surface area contributed by atoms with Crippen LogP contribution in [0, 0.1) is 0 Å². The van der Waals surface area contributed by atoms with Crippen LogP contribution in [-0.4, -0.2) is 57.1 Å². The number of rotatable bonds is 12. The van der Waals surface area contributed by atoms with Crippen molar-refractivity contribution in [3.05, 3.63) is 23.9 Å². The first-order valence-electron chi connectivity index (χ1n) is 10.0. The molecule has 152 valence electrons. The number of pyridine rings is 1. The molecule has 7 heteroatoms. The smallest absolute Gasteiger partial charge is 0.213 e. The highest BCUT2D eigenvalue weighted by Crippen LogP contribution is 2.22. The number of guanidine groups is 1. The molecule has 0 unspecified atom stereocenters. The molecular weight excluding hydrogens is 344 g/mol. The van der Waals surface area contributed by atoms with Crippen molar-refractivity contribution in [3.63, 3.8) is 0 Å². The third-order valence-corrected chi connectivity index (χ3v) is 4.34. The highest BCUT2D eigenvalue weighted by molar-refractivity contribution is 5.79. The number of nitrogens with one attached hydrogen (secondary N) is 2. The number of aromatic nitrogens is 1. The van der Waals surface area contributed by atoms with Crippen LogP contribution in [0.3, 0.4) is 0 Å². The van der Waals surface area contributed by atoms with E-state index in [1.165, 1.54) is 12.8 Å². The predicted molar refractivity (Wildman–Crippen MR) is 107 cm³/mol. The molecule has 1 aliphatic rings. The molecule has 1 fully saturated rings. The second kappa shape index (κ2) is 13.3. The molecule has 1 aliphatic carbocycles. The maximum Gasteiger partial charge on any atom is 0.213 e. The van der Waals surface area contributed by atoms with E-state index in [9.17, 15) is 0 Å². The molecule has 2 rings (SSSR count). The SMILES string of the molecule is CCNC(=NCc1ccc(OC2CCCC2)nc1)NCCCOCCOC. The topological polar surface area (TPSA) is 77.0 Å². The minimum absolute atomic E-state index is 0.337. The van der Waals surface area contributed by atoms with Gasteiger partial charge in [-0.3, -0.25) is 0 Å². The summed E-state index contributed by atoms with van der Waals surface area (Å²) >= 11 is 0. The standard InChI is InChI=1S/C20H34N4O3/c1-3-21-20(22-11-6-12-26-14-13-25-2)24-16-17-9-10-19(23-15-17)27-18-7-4-5-8-18/h9-10,15,18H,3-8,11-14,16H2,1-2H3,(H2,21,22,24). The molecule has 0 saturated heterocycles. The van der Waals surface area contributed by atoms with Gasteiger partial charge in [0.2, 0.25) is 5.88 Å². The number of ether oxygens (including phenoxy) is 3. The molecule has 2 N–H and O–H groups in total. The largest absolute Gasteiger partial charge is 0.474 e. The maximum atomic E-state index is 5.90. The third kappa shape index (κ3) is 9.06. The lowest BCUT2D eigenvalue weighted by atomic mass is 10.3. The molecule has 1 aromatic heterocycles. The molecule has 0 radical (unpaired) electrons. The zero-order chi connectivity index (χ0) is 19.2. The Morgan fingerprint density at radius 2 is 2.04 bits per heavy atom. The summed E-state index contributed by atoms with van der Waals surface area (Å²) in [5.41, 5.74) is 1.06. The number of aliphatic imine (C=N–C) groups is 1. The van der Waals surface area contributed by atoms with Crippen molar-refractivity contribution < 1.29 is 14.2 Å². The van der Waals surface area contributed by atoms with E-state index in [-0.39, 0.29) is 0 Å². The molecular formula is C20H34N4O3. The summed E-state index contributed by atoms with van der Waals surface area (Å²) in [5.74, 6) is 1.52.